The van der Waals surface area contributed by atoms with Gasteiger partial charge in [-0.05, 0) is 26.0 Å². The number of benzene rings is 1. The molecule has 5 N–H and O–H groups in total. The molecule has 0 unspecified atom stereocenters. The molecule has 7 nitrogen and oxygen atoms in total. The smallest absolute Gasteiger partial charge is 0.209 e. The van der Waals surface area contributed by atoms with Gasteiger partial charge >= 0.3 is 0 Å². The van der Waals surface area contributed by atoms with Gasteiger partial charge in [-0.1, -0.05) is 18.7 Å². The van der Waals surface area contributed by atoms with Crippen molar-refractivity contribution in [2.45, 2.75) is 19.9 Å². The first kappa shape index (κ1) is 18.5. The zero-order valence-corrected chi connectivity index (χ0v) is 14.3. The summed E-state index contributed by atoms with van der Waals surface area (Å²) in [5.74, 6) is 1.05. The highest BCUT2D eigenvalue weighted by Crippen LogP contribution is 2.29. The van der Waals surface area contributed by atoms with Gasteiger partial charge in [0.15, 0.2) is 0 Å². The average molecular weight is 346 g/mol. The van der Waals surface area contributed by atoms with E-state index in [4.69, 9.17) is 10.5 Å². The molecule has 0 aliphatic heterocycles. The Morgan fingerprint density at radius 3 is 2.76 bits per heavy atom. The molecule has 8 heteroatoms. The second-order valence-corrected chi connectivity index (χ2v) is 5.64. The zero-order chi connectivity index (χ0) is 18.4. The Balaban J connectivity index is 2.39. The van der Waals surface area contributed by atoms with E-state index in [0.717, 1.165) is 6.21 Å². The lowest BCUT2D eigenvalue weighted by molar-refractivity contribution is 0.297. The second kappa shape index (κ2) is 8.29. The molecule has 0 saturated heterocycles. The Labute approximate surface area is 146 Å². The fourth-order valence-electron chi connectivity index (χ4n) is 2.34. The van der Waals surface area contributed by atoms with Crippen molar-refractivity contribution in [1.29, 1.82) is 5.41 Å². The number of imidazole rings is 1. The van der Waals surface area contributed by atoms with E-state index in [2.05, 4.69) is 27.5 Å². The molecule has 1 heterocycles. The summed E-state index contributed by atoms with van der Waals surface area (Å²) in [6.07, 6.45) is 1.12. The minimum Gasteiger partial charge on any atom is -0.395 e. The first-order valence-corrected chi connectivity index (χ1v) is 7.92. The van der Waals surface area contributed by atoms with Crippen LogP contribution in [0, 0.1) is 11.2 Å². The molecule has 134 valence electrons. The summed E-state index contributed by atoms with van der Waals surface area (Å²) in [7, 11) is 0. The van der Waals surface area contributed by atoms with E-state index in [1.54, 1.807) is 18.2 Å². The number of nitrogens with one attached hydrogen (secondary N) is 4. The molecule has 1 aromatic carbocycles. The van der Waals surface area contributed by atoms with Crippen LogP contribution in [0.4, 0.5) is 21.8 Å². The number of nitrogens with zero attached hydrogens (tertiary/aromatic N) is 2. The molecule has 0 fully saturated rings. The largest absolute Gasteiger partial charge is 0.395 e. The lowest BCUT2D eigenvalue weighted by atomic mass is 10.3. The molecule has 2 aromatic rings. The van der Waals surface area contributed by atoms with Gasteiger partial charge in [0.2, 0.25) is 5.95 Å². The zero-order valence-electron chi connectivity index (χ0n) is 14.3. The molecule has 25 heavy (non-hydrogen) atoms. The molecule has 2 rings (SSSR count). The average Bonchev–Trinajstić information content (AvgIpc) is 2.92. The van der Waals surface area contributed by atoms with Crippen molar-refractivity contribution in [2.75, 3.05) is 23.8 Å². The predicted molar refractivity (Wildman–Crippen MR) is 98.0 cm³/mol. The standard InChI is InChI=1S/C17H23FN6O/c1-11(2)24-16(21-12(3)20-8-9-25)15(10-19)23-17(24)22-14-7-5-4-6-13(14)18/h4-7,10-11,19-21,25H,3,8-9H2,1-2H3,(H,22,23). The minimum atomic E-state index is -0.388. The third-order valence-corrected chi connectivity index (χ3v) is 3.43. The molecule has 0 bridgehead atoms. The van der Waals surface area contributed by atoms with Crippen LogP contribution in [-0.4, -0.2) is 34.0 Å². The number of rotatable bonds is 9. The summed E-state index contributed by atoms with van der Waals surface area (Å²) >= 11 is 0. The van der Waals surface area contributed by atoms with Crippen LogP contribution in [0.2, 0.25) is 0 Å². The third kappa shape index (κ3) is 4.36. The van der Waals surface area contributed by atoms with Gasteiger partial charge in [-0.25, -0.2) is 9.37 Å². The molecule has 1 aromatic heterocycles. The minimum absolute atomic E-state index is 0.0105. The molecule has 0 atom stereocenters. The number of aliphatic hydroxyl groups is 1. The van der Waals surface area contributed by atoms with E-state index in [-0.39, 0.29) is 18.5 Å². The SMILES string of the molecule is C=C(NCCO)Nc1c(C=N)nc(Nc2ccccc2F)n1C(C)C. The van der Waals surface area contributed by atoms with Crippen molar-refractivity contribution in [3.8, 4) is 0 Å². The van der Waals surface area contributed by atoms with Crippen LogP contribution in [0.5, 0.6) is 0 Å². The van der Waals surface area contributed by atoms with Gasteiger partial charge < -0.3 is 26.5 Å². The van der Waals surface area contributed by atoms with Gasteiger partial charge in [0, 0.05) is 18.8 Å². The number of halogens is 1. The van der Waals surface area contributed by atoms with Gasteiger partial charge in [0.25, 0.3) is 0 Å². The van der Waals surface area contributed by atoms with Crippen molar-refractivity contribution in [3.63, 3.8) is 0 Å². The third-order valence-electron chi connectivity index (χ3n) is 3.43. The fourth-order valence-corrected chi connectivity index (χ4v) is 2.34. The van der Waals surface area contributed by atoms with Crippen LogP contribution < -0.4 is 16.0 Å². The molecule has 0 spiro atoms. The summed E-state index contributed by atoms with van der Waals surface area (Å²) < 4.78 is 15.8. The van der Waals surface area contributed by atoms with Gasteiger partial charge in [0.05, 0.1) is 18.1 Å². The van der Waals surface area contributed by atoms with E-state index < -0.39 is 0 Å². The molecular formula is C17H23FN6O. The Morgan fingerprint density at radius 1 is 1.44 bits per heavy atom. The molecule has 0 saturated carbocycles. The molecule has 0 aliphatic carbocycles. The Bertz CT molecular complexity index is 756. The number of hydrogen-bond acceptors (Lipinski definition) is 6. The molecular weight excluding hydrogens is 323 g/mol. The van der Waals surface area contributed by atoms with Gasteiger partial charge in [0.1, 0.15) is 17.3 Å². The summed E-state index contributed by atoms with van der Waals surface area (Å²) in [5.41, 5.74) is 0.689. The Morgan fingerprint density at radius 2 is 2.16 bits per heavy atom. The van der Waals surface area contributed by atoms with Crippen LogP contribution in [0.25, 0.3) is 0 Å². The van der Waals surface area contributed by atoms with Crippen molar-refractivity contribution < 1.29 is 9.50 Å². The number of anilines is 3. The summed E-state index contributed by atoms with van der Waals surface area (Å²) in [6, 6.07) is 6.31. The fraction of sp³-hybridized carbons (Fsp3) is 0.294. The Kier molecular flexibility index (Phi) is 6.13. The first-order chi connectivity index (χ1) is 12.0. The number of aromatic nitrogens is 2. The van der Waals surface area contributed by atoms with Gasteiger partial charge in [-0.15, -0.1) is 0 Å². The van der Waals surface area contributed by atoms with Gasteiger partial charge in [-0.3, -0.25) is 4.57 Å². The summed E-state index contributed by atoms with van der Waals surface area (Å²) in [6.45, 7) is 8.07. The predicted octanol–water partition coefficient (Wildman–Crippen LogP) is 2.81. The van der Waals surface area contributed by atoms with Crippen LogP contribution in [0.3, 0.4) is 0 Å². The highest BCUT2D eigenvalue weighted by atomic mass is 19.1. The normalized spacial score (nSPS) is 10.6. The van der Waals surface area contributed by atoms with Crippen molar-refractivity contribution in [2.24, 2.45) is 0 Å². The van der Waals surface area contributed by atoms with Gasteiger partial charge in [-0.2, -0.15) is 0 Å². The topological polar surface area (TPSA) is 98.0 Å². The van der Waals surface area contributed by atoms with E-state index in [1.165, 1.54) is 6.07 Å². The maximum atomic E-state index is 13.9. The number of para-hydroxylation sites is 1. The van der Waals surface area contributed by atoms with E-state index in [0.29, 0.717) is 35.5 Å². The van der Waals surface area contributed by atoms with Crippen molar-refractivity contribution in [1.82, 2.24) is 14.9 Å². The van der Waals surface area contributed by atoms with Crippen LogP contribution in [0.15, 0.2) is 36.7 Å². The highest BCUT2D eigenvalue weighted by Gasteiger charge is 2.19. The maximum absolute atomic E-state index is 13.9. The quantitative estimate of drug-likeness (QED) is 0.450. The first-order valence-electron chi connectivity index (χ1n) is 7.92. The number of aliphatic hydroxyl groups excluding tert-OH is 1. The van der Waals surface area contributed by atoms with Crippen LogP contribution >= 0.6 is 0 Å². The van der Waals surface area contributed by atoms with Crippen LogP contribution in [0.1, 0.15) is 25.6 Å². The Hall–Kier alpha value is -2.87. The second-order valence-electron chi connectivity index (χ2n) is 5.64. The van der Waals surface area contributed by atoms with E-state index in [1.807, 2.05) is 18.4 Å². The summed E-state index contributed by atoms with van der Waals surface area (Å²) in [5, 5.41) is 25.5. The maximum Gasteiger partial charge on any atom is 0.209 e. The lowest BCUT2D eigenvalue weighted by Gasteiger charge is -2.19. The van der Waals surface area contributed by atoms with Crippen molar-refractivity contribution in [3.05, 3.63) is 48.2 Å². The molecule has 0 aliphatic rings. The van der Waals surface area contributed by atoms with E-state index in [9.17, 15) is 4.39 Å². The van der Waals surface area contributed by atoms with E-state index >= 15 is 0 Å². The van der Waals surface area contributed by atoms with Crippen LogP contribution in [-0.2, 0) is 0 Å². The number of hydrogen-bond donors (Lipinski definition) is 5. The lowest BCUT2D eigenvalue weighted by Crippen LogP contribution is -2.23. The monoisotopic (exact) mass is 346 g/mol. The summed E-state index contributed by atoms with van der Waals surface area (Å²) in [4.78, 5) is 4.38. The van der Waals surface area contributed by atoms with Crippen molar-refractivity contribution >= 4 is 23.7 Å². The molecule has 0 amide bonds. The highest BCUT2D eigenvalue weighted by molar-refractivity contribution is 5.84. The molecule has 0 radical (unpaired) electrons.